The molecular formula is C21H28O3. The van der Waals surface area contributed by atoms with Gasteiger partial charge in [0.15, 0.2) is 5.78 Å². The van der Waals surface area contributed by atoms with E-state index in [9.17, 15) is 9.59 Å². The fourth-order valence-corrected chi connectivity index (χ4v) is 2.37. The summed E-state index contributed by atoms with van der Waals surface area (Å²) in [6, 6.07) is 8.93. The van der Waals surface area contributed by atoms with Gasteiger partial charge in [0.25, 0.3) is 0 Å². The smallest absolute Gasteiger partial charge is 0.317 e. The van der Waals surface area contributed by atoms with Crippen molar-refractivity contribution in [3.63, 3.8) is 0 Å². The molecule has 0 aliphatic rings. The molecule has 0 saturated carbocycles. The van der Waals surface area contributed by atoms with Crippen LogP contribution >= 0.6 is 0 Å². The molecule has 0 radical (unpaired) electrons. The molecule has 0 bridgehead atoms. The lowest BCUT2D eigenvalue weighted by molar-refractivity contribution is -0.146. The minimum absolute atomic E-state index is 0.178. The van der Waals surface area contributed by atoms with Gasteiger partial charge in [-0.3, -0.25) is 9.59 Å². The quantitative estimate of drug-likeness (QED) is 0.273. The van der Waals surface area contributed by atoms with E-state index in [1.54, 1.807) is 31.2 Å². The monoisotopic (exact) mass is 328 g/mol. The molecule has 0 saturated heterocycles. The van der Waals surface area contributed by atoms with E-state index in [1.807, 2.05) is 19.1 Å². The van der Waals surface area contributed by atoms with E-state index < -0.39 is 11.9 Å². The molecule has 0 heterocycles. The lowest BCUT2D eigenvalue weighted by atomic mass is 9.93. The first kappa shape index (κ1) is 19.9. The van der Waals surface area contributed by atoms with Crippen LogP contribution in [-0.4, -0.2) is 18.4 Å². The number of esters is 1. The van der Waals surface area contributed by atoms with E-state index >= 15 is 0 Å². The van der Waals surface area contributed by atoms with Crippen LogP contribution in [0.2, 0.25) is 0 Å². The van der Waals surface area contributed by atoms with E-state index in [2.05, 4.69) is 19.9 Å². The van der Waals surface area contributed by atoms with Gasteiger partial charge in [0, 0.05) is 5.56 Å². The Hall–Kier alpha value is -2.16. The summed E-state index contributed by atoms with van der Waals surface area (Å²) in [5.41, 5.74) is 3.03. The van der Waals surface area contributed by atoms with Gasteiger partial charge in [0.1, 0.15) is 5.92 Å². The molecule has 0 aliphatic heterocycles. The van der Waals surface area contributed by atoms with Gasteiger partial charge in [-0.2, -0.15) is 0 Å². The molecule has 1 aromatic carbocycles. The maximum atomic E-state index is 12.6. The first-order chi connectivity index (χ1) is 11.5. The third kappa shape index (κ3) is 6.95. The second kappa shape index (κ2) is 10.6. The highest BCUT2D eigenvalue weighted by Crippen LogP contribution is 2.18. The third-order valence-electron chi connectivity index (χ3n) is 3.74. The zero-order valence-corrected chi connectivity index (χ0v) is 15.2. The summed E-state index contributed by atoms with van der Waals surface area (Å²) in [6.45, 7) is 8.22. The molecule has 3 nitrogen and oxygen atoms in total. The molecule has 1 atom stereocenters. The van der Waals surface area contributed by atoms with Crippen LogP contribution in [0.5, 0.6) is 0 Å². The maximum absolute atomic E-state index is 12.6. The highest BCUT2D eigenvalue weighted by atomic mass is 16.5. The maximum Gasteiger partial charge on any atom is 0.317 e. The van der Waals surface area contributed by atoms with Crippen LogP contribution < -0.4 is 0 Å². The number of hydrogen-bond acceptors (Lipinski definition) is 3. The van der Waals surface area contributed by atoms with Crippen molar-refractivity contribution in [2.45, 2.75) is 47.0 Å². The summed E-state index contributed by atoms with van der Waals surface area (Å²) < 4.78 is 5.09. The van der Waals surface area contributed by atoms with Gasteiger partial charge in [-0.1, -0.05) is 53.6 Å². The largest absolute Gasteiger partial charge is 0.465 e. The molecule has 0 aromatic heterocycles. The minimum Gasteiger partial charge on any atom is -0.465 e. The molecule has 0 N–H and O–H groups in total. The lowest BCUT2D eigenvalue weighted by Crippen LogP contribution is -2.26. The Balaban J connectivity index is 2.81. The fraction of sp³-hybridized carbons (Fsp3) is 0.429. The standard InChI is InChI=1S/C21H28O3/c1-5-24-21(23)19(20(22)18-12-7-6-8-13-18)15-14-17(4)11-9-10-16(2)3/h6-8,10,12-14,19H,5,9,11,15H2,1-4H3/b17-14+. The highest BCUT2D eigenvalue weighted by Gasteiger charge is 2.27. The SMILES string of the molecule is CCOC(=O)C(C/C=C(\C)CCC=C(C)C)C(=O)c1ccccc1. The minimum atomic E-state index is -0.772. The number of ketones is 1. The van der Waals surface area contributed by atoms with Crippen molar-refractivity contribution >= 4 is 11.8 Å². The van der Waals surface area contributed by atoms with Crippen molar-refractivity contribution in [1.29, 1.82) is 0 Å². The second-order valence-corrected chi connectivity index (χ2v) is 6.14. The fourth-order valence-electron chi connectivity index (χ4n) is 2.37. The number of hydrogen-bond donors (Lipinski definition) is 0. The van der Waals surface area contributed by atoms with Crippen molar-refractivity contribution in [3.05, 3.63) is 59.2 Å². The van der Waals surface area contributed by atoms with Gasteiger partial charge in [0.2, 0.25) is 0 Å². The van der Waals surface area contributed by atoms with Crippen molar-refractivity contribution in [3.8, 4) is 0 Å². The average molecular weight is 328 g/mol. The van der Waals surface area contributed by atoms with E-state index in [-0.39, 0.29) is 12.4 Å². The van der Waals surface area contributed by atoms with E-state index in [0.29, 0.717) is 12.0 Å². The van der Waals surface area contributed by atoms with Crippen LogP contribution in [0.4, 0.5) is 0 Å². The molecule has 3 heteroatoms. The van der Waals surface area contributed by atoms with Gasteiger partial charge in [-0.15, -0.1) is 0 Å². The van der Waals surface area contributed by atoms with Gasteiger partial charge in [-0.05, 0) is 47.0 Å². The zero-order valence-electron chi connectivity index (χ0n) is 15.2. The molecule has 0 aliphatic carbocycles. The topological polar surface area (TPSA) is 43.4 Å². The average Bonchev–Trinajstić information content (AvgIpc) is 2.55. The Labute approximate surface area is 145 Å². The summed E-state index contributed by atoms with van der Waals surface area (Å²) in [4.78, 5) is 24.8. The number of carbonyl (C=O) groups is 2. The number of Topliss-reactive ketones (excluding diaryl/α,β-unsaturated/α-hetero) is 1. The van der Waals surface area contributed by atoms with Gasteiger partial charge >= 0.3 is 5.97 Å². The molecule has 24 heavy (non-hydrogen) atoms. The van der Waals surface area contributed by atoms with Crippen LogP contribution in [0.1, 0.15) is 57.3 Å². The Kier molecular flexibility index (Phi) is 8.77. The van der Waals surface area contributed by atoms with E-state index in [1.165, 1.54) is 11.1 Å². The first-order valence-corrected chi connectivity index (χ1v) is 8.50. The summed E-state index contributed by atoms with van der Waals surface area (Å²) in [7, 11) is 0. The molecule has 0 spiro atoms. The van der Waals surface area contributed by atoms with E-state index in [0.717, 1.165) is 12.8 Å². The lowest BCUT2D eigenvalue weighted by Gasteiger charge is -2.13. The van der Waals surface area contributed by atoms with Crippen molar-refractivity contribution in [2.24, 2.45) is 5.92 Å². The van der Waals surface area contributed by atoms with Crippen LogP contribution in [0.15, 0.2) is 53.6 Å². The van der Waals surface area contributed by atoms with Crippen LogP contribution in [0.3, 0.4) is 0 Å². The molecule has 1 rings (SSSR count). The van der Waals surface area contributed by atoms with E-state index in [4.69, 9.17) is 4.74 Å². The van der Waals surface area contributed by atoms with Crippen molar-refractivity contribution in [1.82, 2.24) is 0 Å². The normalized spacial score (nSPS) is 12.4. The first-order valence-electron chi connectivity index (χ1n) is 8.50. The van der Waals surface area contributed by atoms with Crippen molar-refractivity contribution in [2.75, 3.05) is 6.61 Å². The van der Waals surface area contributed by atoms with Crippen molar-refractivity contribution < 1.29 is 14.3 Å². The van der Waals surface area contributed by atoms with Crippen LogP contribution in [-0.2, 0) is 9.53 Å². The summed E-state index contributed by atoms with van der Waals surface area (Å²) in [6.07, 6.45) is 6.46. The number of ether oxygens (including phenoxy) is 1. The van der Waals surface area contributed by atoms with Crippen LogP contribution in [0, 0.1) is 5.92 Å². The summed E-state index contributed by atoms with van der Waals surface area (Å²) in [5, 5.41) is 0. The Morgan fingerprint density at radius 2 is 1.75 bits per heavy atom. The Morgan fingerprint density at radius 3 is 2.33 bits per heavy atom. The summed E-state index contributed by atoms with van der Waals surface area (Å²) >= 11 is 0. The molecule has 1 aromatic rings. The number of carbonyl (C=O) groups excluding carboxylic acids is 2. The predicted octanol–water partition coefficient (Wildman–Crippen LogP) is 5.13. The number of benzene rings is 1. The molecule has 1 unspecified atom stereocenters. The Morgan fingerprint density at radius 1 is 1.08 bits per heavy atom. The number of allylic oxidation sites excluding steroid dienone is 4. The third-order valence-corrected chi connectivity index (χ3v) is 3.74. The molecule has 0 amide bonds. The van der Waals surface area contributed by atoms with Gasteiger partial charge < -0.3 is 4.74 Å². The highest BCUT2D eigenvalue weighted by molar-refractivity contribution is 6.08. The zero-order chi connectivity index (χ0) is 17.9. The van der Waals surface area contributed by atoms with Gasteiger partial charge in [0.05, 0.1) is 6.61 Å². The Bertz CT molecular complexity index is 593. The predicted molar refractivity (Wildman–Crippen MR) is 97.9 cm³/mol. The summed E-state index contributed by atoms with van der Waals surface area (Å²) in [5.74, 6) is -1.40. The number of rotatable bonds is 9. The molecular weight excluding hydrogens is 300 g/mol. The van der Waals surface area contributed by atoms with Gasteiger partial charge in [-0.25, -0.2) is 0 Å². The van der Waals surface area contributed by atoms with Crippen LogP contribution in [0.25, 0.3) is 0 Å². The molecule has 130 valence electrons. The molecule has 0 fully saturated rings. The second-order valence-electron chi connectivity index (χ2n) is 6.14.